The summed E-state index contributed by atoms with van der Waals surface area (Å²) in [6.07, 6.45) is 3.02. The Morgan fingerprint density at radius 1 is 1.30 bits per heavy atom. The molecule has 0 aliphatic carbocycles. The van der Waals surface area contributed by atoms with Crippen LogP contribution in [-0.4, -0.2) is 32.7 Å². The quantitative estimate of drug-likeness (QED) is 0.896. The first-order chi connectivity index (χ1) is 9.65. The number of amides is 1. The van der Waals surface area contributed by atoms with Crippen molar-refractivity contribution in [2.75, 3.05) is 26.1 Å². The predicted octanol–water partition coefficient (Wildman–Crippen LogP) is 2.44. The molecule has 110 valence electrons. The molecule has 0 aromatic heterocycles. The van der Waals surface area contributed by atoms with Gasteiger partial charge < -0.3 is 20.1 Å². The average Bonchev–Trinajstić information content (AvgIpc) is 2.48. The molecule has 0 saturated carbocycles. The SMILES string of the molecule is COc1cc(OC)c(NC(=O)[C@H]2CCCCN2)cc1Cl. The van der Waals surface area contributed by atoms with Crippen LogP contribution in [0.2, 0.25) is 5.02 Å². The molecule has 1 aromatic carbocycles. The smallest absolute Gasteiger partial charge is 0.241 e. The van der Waals surface area contributed by atoms with Gasteiger partial charge in [-0.3, -0.25) is 4.79 Å². The number of carbonyl (C=O) groups is 1. The average molecular weight is 299 g/mol. The van der Waals surface area contributed by atoms with Crippen molar-refractivity contribution < 1.29 is 14.3 Å². The van der Waals surface area contributed by atoms with Gasteiger partial charge >= 0.3 is 0 Å². The van der Waals surface area contributed by atoms with Gasteiger partial charge in [-0.15, -0.1) is 0 Å². The molecule has 1 aliphatic heterocycles. The summed E-state index contributed by atoms with van der Waals surface area (Å²) in [6.45, 7) is 0.874. The van der Waals surface area contributed by atoms with Crippen molar-refractivity contribution in [3.05, 3.63) is 17.2 Å². The van der Waals surface area contributed by atoms with Gasteiger partial charge in [-0.05, 0) is 25.5 Å². The summed E-state index contributed by atoms with van der Waals surface area (Å²) < 4.78 is 10.4. The molecule has 0 bridgehead atoms. The van der Waals surface area contributed by atoms with Crippen molar-refractivity contribution in [2.24, 2.45) is 0 Å². The topological polar surface area (TPSA) is 59.6 Å². The maximum Gasteiger partial charge on any atom is 0.241 e. The van der Waals surface area contributed by atoms with E-state index in [9.17, 15) is 4.79 Å². The summed E-state index contributed by atoms with van der Waals surface area (Å²) in [6, 6.07) is 3.14. The van der Waals surface area contributed by atoms with E-state index in [-0.39, 0.29) is 11.9 Å². The van der Waals surface area contributed by atoms with Gasteiger partial charge in [0.05, 0.1) is 31.0 Å². The lowest BCUT2D eigenvalue weighted by Crippen LogP contribution is -2.43. The molecule has 20 heavy (non-hydrogen) atoms. The molecule has 2 N–H and O–H groups in total. The minimum atomic E-state index is -0.158. The van der Waals surface area contributed by atoms with E-state index in [1.807, 2.05) is 0 Å². The summed E-state index contributed by atoms with van der Waals surface area (Å²) in [5.74, 6) is 0.969. The number of anilines is 1. The molecule has 0 unspecified atom stereocenters. The molecule has 6 heteroatoms. The van der Waals surface area contributed by atoms with Crippen molar-refractivity contribution in [1.82, 2.24) is 5.32 Å². The molecule has 5 nitrogen and oxygen atoms in total. The lowest BCUT2D eigenvalue weighted by molar-refractivity contribution is -0.118. The highest BCUT2D eigenvalue weighted by Gasteiger charge is 2.22. The fourth-order valence-corrected chi connectivity index (χ4v) is 2.49. The summed E-state index contributed by atoms with van der Waals surface area (Å²) in [7, 11) is 3.07. The van der Waals surface area contributed by atoms with Crippen molar-refractivity contribution in [3.8, 4) is 11.5 Å². The van der Waals surface area contributed by atoms with E-state index in [2.05, 4.69) is 10.6 Å². The van der Waals surface area contributed by atoms with E-state index >= 15 is 0 Å². The van der Waals surface area contributed by atoms with Gasteiger partial charge in [0.15, 0.2) is 0 Å². The van der Waals surface area contributed by atoms with Gasteiger partial charge in [-0.1, -0.05) is 18.0 Å². The Kier molecular flexibility index (Phi) is 5.09. The van der Waals surface area contributed by atoms with Crippen LogP contribution in [0.4, 0.5) is 5.69 Å². The van der Waals surface area contributed by atoms with Crippen LogP contribution in [0.5, 0.6) is 11.5 Å². The molecule has 1 aliphatic rings. The number of piperidine rings is 1. The highest BCUT2D eigenvalue weighted by molar-refractivity contribution is 6.32. The van der Waals surface area contributed by atoms with Crippen molar-refractivity contribution in [1.29, 1.82) is 0 Å². The summed E-state index contributed by atoms with van der Waals surface area (Å²) in [5.41, 5.74) is 0.552. The van der Waals surface area contributed by atoms with Gasteiger partial charge in [-0.2, -0.15) is 0 Å². The molecule has 0 spiro atoms. The highest BCUT2D eigenvalue weighted by Crippen LogP contribution is 2.36. The fraction of sp³-hybridized carbons (Fsp3) is 0.500. The zero-order valence-corrected chi connectivity index (χ0v) is 12.4. The van der Waals surface area contributed by atoms with Gasteiger partial charge in [0.1, 0.15) is 11.5 Å². The van der Waals surface area contributed by atoms with E-state index in [1.54, 1.807) is 12.1 Å². The van der Waals surface area contributed by atoms with E-state index in [4.69, 9.17) is 21.1 Å². The molecule has 2 rings (SSSR count). The first-order valence-corrected chi connectivity index (χ1v) is 6.99. The molecule has 1 amide bonds. The van der Waals surface area contributed by atoms with Gasteiger partial charge in [0.25, 0.3) is 0 Å². The number of halogens is 1. The maximum absolute atomic E-state index is 12.2. The van der Waals surface area contributed by atoms with Crippen LogP contribution in [0.25, 0.3) is 0 Å². The Hall–Kier alpha value is -1.46. The molecule has 1 heterocycles. The molecule has 1 aromatic rings. The zero-order valence-electron chi connectivity index (χ0n) is 11.7. The second-order valence-corrected chi connectivity index (χ2v) is 5.09. The van der Waals surface area contributed by atoms with E-state index in [1.165, 1.54) is 14.2 Å². The van der Waals surface area contributed by atoms with E-state index < -0.39 is 0 Å². The minimum absolute atomic E-state index is 0.0655. The Bertz CT molecular complexity index is 488. The monoisotopic (exact) mass is 298 g/mol. The molecule has 1 atom stereocenters. The van der Waals surface area contributed by atoms with Gasteiger partial charge in [0, 0.05) is 6.07 Å². The lowest BCUT2D eigenvalue weighted by atomic mass is 10.0. The first kappa shape index (κ1) is 14.9. The molecular weight excluding hydrogens is 280 g/mol. The summed E-state index contributed by atoms with van der Waals surface area (Å²) in [5, 5.41) is 6.49. The van der Waals surface area contributed by atoms with Crippen LogP contribution < -0.4 is 20.1 Å². The molecular formula is C14H19ClN2O3. The van der Waals surface area contributed by atoms with Crippen LogP contribution in [-0.2, 0) is 4.79 Å². The van der Waals surface area contributed by atoms with Crippen LogP contribution >= 0.6 is 11.6 Å². The van der Waals surface area contributed by atoms with Crippen molar-refractivity contribution in [2.45, 2.75) is 25.3 Å². The van der Waals surface area contributed by atoms with E-state index in [0.29, 0.717) is 22.2 Å². The first-order valence-electron chi connectivity index (χ1n) is 6.61. The largest absolute Gasteiger partial charge is 0.495 e. The Morgan fingerprint density at radius 3 is 2.65 bits per heavy atom. The predicted molar refractivity (Wildman–Crippen MR) is 78.8 cm³/mol. The fourth-order valence-electron chi connectivity index (χ4n) is 2.25. The van der Waals surface area contributed by atoms with E-state index in [0.717, 1.165) is 25.8 Å². The second-order valence-electron chi connectivity index (χ2n) is 4.68. The third-order valence-electron chi connectivity index (χ3n) is 3.36. The number of ether oxygens (including phenoxy) is 2. The number of hydrogen-bond donors (Lipinski definition) is 2. The number of benzene rings is 1. The molecule has 0 radical (unpaired) electrons. The molecule has 1 fully saturated rings. The van der Waals surface area contributed by atoms with Crippen molar-refractivity contribution >= 4 is 23.2 Å². The lowest BCUT2D eigenvalue weighted by Gasteiger charge is -2.23. The number of methoxy groups -OCH3 is 2. The van der Waals surface area contributed by atoms with Crippen molar-refractivity contribution in [3.63, 3.8) is 0 Å². The van der Waals surface area contributed by atoms with Gasteiger partial charge in [0.2, 0.25) is 5.91 Å². The van der Waals surface area contributed by atoms with Crippen LogP contribution in [0.3, 0.4) is 0 Å². The third kappa shape index (κ3) is 3.35. The Morgan fingerprint density at radius 2 is 2.05 bits per heavy atom. The number of carbonyl (C=O) groups excluding carboxylic acids is 1. The van der Waals surface area contributed by atoms with Gasteiger partial charge in [-0.25, -0.2) is 0 Å². The summed E-state index contributed by atoms with van der Waals surface area (Å²) in [4.78, 5) is 12.2. The molecule has 1 saturated heterocycles. The number of hydrogen-bond acceptors (Lipinski definition) is 4. The summed E-state index contributed by atoms with van der Waals surface area (Å²) >= 11 is 6.08. The highest BCUT2D eigenvalue weighted by atomic mass is 35.5. The Labute approximate surface area is 123 Å². The van der Waals surface area contributed by atoms with Crippen LogP contribution in [0, 0.1) is 0 Å². The zero-order chi connectivity index (χ0) is 14.5. The normalized spacial score (nSPS) is 18.4. The van der Waals surface area contributed by atoms with Crippen LogP contribution in [0.1, 0.15) is 19.3 Å². The minimum Gasteiger partial charge on any atom is -0.495 e. The Balaban J connectivity index is 2.15. The standard InChI is InChI=1S/C14H19ClN2O3/c1-19-12-8-13(20-2)11(7-9(12)15)17-14(18)10-5-3-4-6-16-10/h7-8,10,16H,3-6H2,1-2H3,(H,17,18)/t10-/m1/s1. The maximum atomic E-state index is 12.2. The number of nitrogens with one attached hydrogen (secondary N) is 2. The second kappa shape index (κ2) is 6.81. The number of rotatable bonds is 4. The third-order valence-corrected chi connectivity index (χ3v) is 3.65. The van der Waals surface area contributed by atoms with Crippen LogP contribution in [0.15, 0.2) is 12.1 Å².